The Balaban J connectivity index is 2.67. The maximum Gasteiger partial charge on any atom is 0.126 e. The van der Waals surface area contributed by atoms with Crippen LogP contribution in [0.25, 0.3) is 0 Å². The van der Waals surface area contributed by atoms with Crippen molar-refractivity contribution in [3.05, 3.63) is 35.1 Å². The molecule has 0 saturated carbocycles. The van der Waals surface area contributed by atoms with Crippen LogP contribution >= 0.6 is 11.8 Å². The molecule has 0 radical (unpaired) electrons. The van der Waals surface area contributed by atoms with E-state index in [9.17, 15) is 4.39 Å². The van der Waals surface area contributed by atoms with E-state index in [1.54, 1.807) is 30.8 Å². The number of halogens is 1. The van der Waals surface area contributed by atoms with E-state index in [2.05, 4.69) is 5.32 Å². The van der Waals surface area contributed by atoms with Crippen LogP contribution in [0.4, 0.5) is 4.39 Å². The number of benzene rings is 1. The summed E-state index contributed by atoms with van der Waals surface area (Å²) in [6.07, 6.45) is 2.77. The molecule has 0 aromatic heterocycles. The molecule has 1 rings (SSSR count). The Hall–Kier alpha value is -0.580. The SMILES string of the molecule is CSCC(CCO)NC(C)c1ccc(C)c(F)c1. The summed E-state index contributed by atoms with van der Waals surface area (Å²) in [5.41, 5.74) is 1.61. The monoisotopic (exact) mass is 271 g/mol. The Kier molecular flexibility index (Phi) is 6.68. The lowest BCUT2D eigenvalue weighted by Crippen LogP contribution is -2.34. The molecule has 2 N–H and O–H groups in total. The first kappa shape index (κ1) is 15.5. The third-order valence-corrected chi connectivity index (χ3v) is 3.76. The van der Waals surface area contributed by atoms with Crippen molar-refractivity contribution in [2.45, 2.75) is 32.4 Å². The third-order valence-electron chi connectivity index (χ3n) is 3.03. The highest BCUT2D eigenvalue weighted by Crippen LogP contribution is 2.18. The fraction of sp³-hybridized carbons (Fsp3) is 0.571. The smallest absolute Gasteiger partial charge is 0.126 e. The summed E-state index contributed by atoms with van der Waals surface area (Å²) in [6, 6.07) is 5.68. The van der Waals surface area contributed by atoms with Gasteiger partial charge in [-0.15, -0.1) is 0 Å². The van der Waals surface area contributed by atoms with Gasteiger partial charge in [-0.25, -0.2) is 4.39 Å². The molecular formula is C14H22FNOS. The van der Waals surface area contributed by atoms with E-state index in [1.807, 2.05) is 19.2 Å². The van der Waals surface area contributed by atoms with Crippen molar-refractivity contribution < 1.29 is 9.50 Å². The predicted molar refractivity (Wildman–Crippen MR) is 76.6 cm³/mol. The number of thioether (sulfide) groups is 1. The quantitative estimate of drug-likeness (QED) is 0.800. The van der Waals surface area contributed by atoms with Gasteiger partial charge in [-0.3, -0.25) is 0 Å². The molecule has 2 atom stereocenters. The van der Waals surface area contributed by atoms with Gasteiger partial charge < -0.3 is 10.4 Å². The van der Waals surface area contributed by atoms with Crippen LogP contribution in [-0.4, -0.2) is 29.8 Å². The largest absolute Gasteiger partial charge is 0.396 e. The fourth-order valence-corrected chi connectivity index (χ4v) is 2.57. The van der Waals surface area contributed by atoms with Gasteiger partial charge in [-0.1, -0.05) is 12.1 Å². The molecule has 0 aliphatic heterocycles. The van der Waals surface area contributed by atoms with Crippen LogP contribution < -0.4 is 5.32 Å². The Bertz CT molecular complexity index is 367. The van der Waals surface area contributed by atoms with Crippen LogP contribution in [-0.2, 0) is 0 Å². The van der Waals surface area contributed by atoms with Crippen molar-refractivity contribution >= 4 is 11.8 Å². The lowest BCUT2D eigenvalue weighted by atomic mass is 10.0. The second-order valence-corrected chi connectivity index (χ2v) is 5.47. The topological polar surface area (TPSA) is 32.3 Å². The molecule has 0 aliphatic rings. The lowest BCUT2D eigenvalue weighted by molar-refractivity contribution is 0.265. The van der Waals surface area contributed by atoms with Crippen molar-refractivity contribution in [2.75, 3.05) is 18.6 Å². The first-order valence-electron chi connectivity index (χ1n) is 6.20. The Morgan fingerprint density at radius 2 is 2.17 bits per heavy atom. The molecule has 0 aliphatic carbocycles. The molecule has 0 spiro atoms. The minimum atomic E-state index is -0.162. The fourth-order valence-electron chi connectivity index (χ4n) is 1.90. The van der Waals surface area contributed by atoms with E-state index >= 15 is 0 Å². The molecule has 1 aromatic rings. The van der Waals surface area contributed by atoms with Gasteiger partial charge in [0.2, 0.25) is 0 Å². The first-order valence-corrected chi connectivity index (χ1v) is 7.59. The summed E-state index contributed by atoms with van der Waals surface area (Å²) in [5.74, 6) is 0.781. The van der Waals surface area contributed by atoms with Crippen LogP contribution in [0, 0.1) is 12.7 Å². The van der Waals surface area contributed by atoms with E-state index in [-0.39, 0.29) is 24.5 Å². The highest BCUT2D eigenvalue weighted by atomic mass is 32.2. The zero-order valence-corrected chi connectivity index (χ0v) is 12.1. The van der Waals surface area contributed by atoms with Gasteiger partial charge >= 0.3 is 0 Å². The zero-order valence-electron chi connectivity index (χ0n) is 11.2. The van der Waals surface area contributed by atoms with Gasteiger partial charge in [0.25, 0.3) is 0 Å². The molecular weight excluding hydrogens is 249 g/mol. The van der Waals surface area contributed by atoms with Crippen molar-refractivity contribution in [3.8, 4) is 0 Å². The number of aliphatic hydroxyl groups is 1. The van der Waals surface area contributed by atoms with Crippen molar-refractivity contribution in [1.29, 1.82) is 0 Å². The average Bonchev–Trinajstić information content (AvgIpc) is 2.33. The molecule has 2 nitrogen and oxygen atoms in total. The summed E-state index contributed by atoms with van der Waals surface area (Å²) >= 11 is 1.74. The number of aryl methyl sites for hydroxylation is 1. The third kappa shape index (κ3) is 4.59. The number of rotatable bonds is 7. The molecule has 2 unspecified atom stereocenters. The van der Waals surface area contributed by atoms with Gasteiger partial charge in [-0.2, -0.15) is 11.8 Å². The average molecular weight is 271 g/mol. The molecule has 0 saturated heterocycles. The highest BCUT2D eigenvalue weighted by Gasteiger charge is 2.13. The van der Waals surface area contributed by atoms with Crippen molar-refractivity contribution in [2.24, 2.45) is 0 Å². The lowest BCUT2D eigenvalue weighted by Gasteiger charge is -2.22. The second-order valence-electron chi connectivity index (χ2n) is 4.56. The molecule has 0 bridgehead atoms. The predicted octanol–water partition coefficient (Wildman–Crippen LogP) is 2.90. The van der Waals surface area contributed by atoms with Crippen LogP contribution in [0.3, 0.4) is 0 Å². The van der Waals surface area contributed by atoms with Crippen LogP contribution in [0.15, 0.2) is 18.2 Å². The number of hydrogen-bond donors (Lipinski definition) is 2. The number of hydrogen-bond acceptors (Lipinski definition) is 3. The first-order chi connectivity index (χ1) is 8.58. The second kappa shape index (κ2) is 7.77. The minimum Gasteiger partial charge on any atom is -0.396 e. The zero-order chi connectivity index (χ0) is 13.5. The van der Waals surface area contributed by atoms with E-state index in [4.69, 9.17) is 5.11 Å². The molecule has 0 amide bonds. The van der Waals surface area contributed by atoms with E-state index in [0.29, 0.717) is 5.56 Å². The summed E-state index contributed by atoms with van der Waals surface area (Å²) in [7, 11) is 0. The molecule has 102 valence electrons. The van der Waals surface area contributed by atoms with Gasteiger partial charge in [0.05, 0.1) is 0 Å². The molecule has 18 heavy (non-hydrogen) atoms. The Morgan fingerprint density at radius 3 is 2.72 bits per heavy atom. The highest BCUT2D eigenvalue weighted by molar-refractivity contribution is 7.98. The summed E-state index contributed by atoms with van der Waals surface area (Å²) < 4.78 is 13.5. The van der Waals surface area contributed by atoms with Crippen LogP contribution in [0.1, 0.15) is 30.5 Å². The van der Waals surface area contributed by atoms with Gasteiger partial charge in [0, 0.05) is 24.4 Å². The van der Waals surface area contributed by atoms with E-state index in [1.165, 1.54) is 0 Å². The summed E-state index contributed by atoms with van der Waals surface area (Å²) in [5, 5.41) is 12.5. The number of nitrogens with one attached hydrogen (secondary N) is 1. The van der Waals surface area contributed by atoms with E-state index in [0.717, 1.165) is 17.7 Å². The normalized spacial score (nSPS) is 14.5. The van der Waals surface area contributed by atoms with Crippen molar-refractivity contribution in [3.63, 3.8) is 0 Å². The molecule has 1 aromatic carbocycles. The van der Waals surface area contributed by atoms with Gasteiger partial charge in [0.1, 0.15) is 5.82 Å². The van der Waals surface area contributed by atoms with Crippen molar-refractivity contribution in [1.82, 2.24) is 5.32 Å². The van der Waals surface area contributed by atoms with Crippen LogP contribution in [0.2, 0.25) is 0 Å². The molecule has 0 heterocycles. The Labute approximate surface area is 113 Å². The maximum atomic E-state index is 13.5. The summed E-state index contributed by atoms with van der Waals surface area (Å²) in [6.45, 7) is 3.96. The Morgan fingerprint density at radius 1 is 1.44 bits per heavy atom. The summed E-state index contributed by atoms with van der Waals surface area (Å²) in [4.78, 5) is 0. The minimum absolute atomic E-state index is 0.0869. The molecule has 4 heteroatoms. The maximum absolute atomic E-state index is 13.5. The number of aliphatic hydroxyl groups excluding tert-OH is 1. The van der Waals surface area contributed by atoms with Crippen LogP contribution in [0.5, 0.6) is 0 Å². The van der Waals surface area contributed by atoms with E-state index < -0.39 is 0 Å². The molecule has 0 fully saturated rings. The standard InChI is InChI=1S/C14H22FNOS/c1-10-4-5-12(8-14(10)15)11(2)16-13(6-7-17)9-18-3/h4-5,8,11,13,16-17H,6-7,9H2,1-3H3. The van der Waals surface area contributed by atoms with Gasteiger partial charge in [-0.05, 0) is 43.7 Å². The van der Waals surface area contributed by atoms with Gasteiger partial charge in [0.15, 0.2) is 0 Å².